The maximum atomic E-state index is 10.3. The molecule has 0 radical (unpaired) electrons. The molecule has 1 aromatic heterocycles. The molecule has 2 heterocycles. The van der Waals surface area contributed by atoms with Crippen molar-refractivity contribution in [2.75, 3.05) is 20.3 Å². The summed E-state index contributed by atoms with van der Waals surface area (Å²) in [6, 6.07) is 6.18. The molecule has 0 saturated carbocycles. The molecular weight excluding hydrogens is 344 g/mol. The first kappa shape index (κ1) is 18.0. The minimum absolute atomic E-state index is 0.261. The van der Waals surface area contributed by atoms with E-state index in [0.29, 0.717) is 13.2 Å². The molecule has 2 aliphatic rings. The van der Waals surface area contributed by atoms with Crippen LogP contribution >= 0.6 is 0 Å². The maximum Gasteiger partial charge on any atom is 0.197 e. The molecule has 4 rings (SSSR count). The number of fused-ring (bicyclic) bond motifs is 2. The van der Waals surface area contributed by atoms with E-state index in [1.165, 1.54) is 0 Å². The van der Waals surface area contributed by atoms with Crippen LogP contribution in [0.4, 0.5) is 0 Å². The molecular formula is C21H28N2O4. The zero-order valence-corrected chi connectivity index (χ0v) is 15.8. The van der Waals surface area contributed by atoms with E-state index in [1.54, 1.807) is 11.7 Å². The number of nitrogens with one attached hydrogen (secondary N) is 1. The zero-order chi connectivity index (χ0) is 18.8. The van der Waals surface area contributed by atoms with E-state index in [2.05, 4.69) is 5.32 Å². The van der Waals surface area contributed by atoms with Crippen LogP contribution in [0.15, 0.2) is 18.2 Å². The summed E-state index contributed by atoms with van der Waals surface area (Å²) < 4.78 is 13.0. The Morgan fingerprint density at radius 3 is 2.67 bits per heavy atom. The Morgan fingerprint density at radius 2 is 1.93 bits per heavy atom. The standard InChI is InChI=1S/C21H28N2O4/c1-26-18-8-5-9-19-17(18)12-14(13-27-19)22-10-2-3-11-23-20(24)15-6-4-7-16(15)21(23)25/h5,8-9,14,22,24-25H,2-4,6-7,10-13H2,1H3. The summed E-state index contributed by atoms with van der Waals surface area (Å²) in [5.41, 5.74) is 3.01. The van der Waals surface area contributed by atoms with Crippen LogP contribution in [-0.2, 0) is 25.8 Å². The number of benzene rings is 1. The fraction of sp³-hybridized carbons (Fsp3) is 0.524. The van der Waals surface area contributed by atoms with Crippen LogP contribution in [0.1, 0.15) is 36.0 Å². The first-order valence-electron chi connectivity index (χ1n) is 9.83. The molecule has 1 aliphatic heterocycles. The molecule has 146 valence electrons. The number of methoxy groups -OCH3 is 1. The lowest BCUT2D eigenvalue weighted by Crippen LogP contribution is -2.39. The number of aromatic hydroxyl groups is 2. The highest BCUT2D eigenvalue weighted by molar-refractivity contribution is 5.48. The van der Waals surface area contributed by atoms with Gasteiger partial charge in [0.2, 0.25) is 0 Å². The fourth-order valence-corrected chi connectivity index (χ4v) is 4.28. The molecule has 0 bridgehead atoms. The lowest BCUT2D eigenvalue weighted by molar-refractivity contribution is 0.234. The van der Waals surface area contributed by atoms with E-state index < -0.39 is 0 Å². The van der Waals surface area contributed by atoms with Crippen molar-refractivity contribution in [2.24, 2.45) is 0 Å². The summed E-state index contributed by atoms with van der Waals surface area (Å²) in [7, 11) is 1.69. The van der Waals surface area contributed by atoms with Crippen LogP contribution < -0.4 is 14.8 Å². The highest BCUT2D eigenvalue weighted by Crippen LogP contribution is 2.39. The van der Waals surface area contributed by atoms with E-state index in [1.807, 2.05) is 18.2 Å². The zero-order valence-electron chi connectivity index (χ0n) is 15.8. The monoisotopic (exact) mass is 372 g/mol. The Hall–Kier alpha value is -2.34. The topological polar surface area (TPSA) is 75.9 Å². The van der Waals surface area contributed by atoms with Crippen molar-refractivity contribution < 1.29 is 19.7 Å². The van der Waals surface area contributed by atoms with Gasteiger partial charge >= 0.3 is 0 Å². The fourth-order valence-electron chi connectivity index (χ4n) is 4.28. The molecule has 1 aliphatic carbocycles. The van der Waals surface area contributed by atoms with Gasteiger partial charge in [-0.15, -0.1) is 0 Å². The van der Waals surface area contributed by atoms with Gasteiger partial charge in [0, 0.05) is 29.3 Å². The van der Waals surface area contributed by atoms with Crippen LogP contribution in [0.5, 0.6) is 23.3 Å². The van der Waals surface area contributed by atoms with Crippen LogP contribution in [0, 0.1) is 0 Å². The van der Waals surface area contributed by atoms with Gasteiger partial charge in [0.1, 0.15) is 18.1 Å². The Labute approximate surface area is 159 Å². The van der Waals surface area contributed by atoms with E-state index in [4.69, 9.17) is 9.47 Å². The number of rotatable bonds is 7. The van der Waals surface area contributed by atoms with E-state index in [9.17, 15) is 10.2 Å². The second-order valence-corrected chi connectivity index (χ2v) is 7.42. The number of aromatic nitrogens is 1. The van der Waals surface area contributed by atoms with Gasteiger partial charge in [0.25, 0.3) is 0 Å². The van der Waals surface area contributed by atoms with E-state index >= 15 is 0 Å². The Bertz CT molecular complexity index is 773. The van der Waals surface area contributed by atoms with Crippen LogP contribution in [0.3, 0.4) is 0 Å². The molecule has 6 heteroatoms. The van der Waals surface area contributed by atoms with Gasteiger partial charge in [-0.3, -0.25) is 4.57 Å². The van der Waals surface area contributed by atoms with Gasteiger partial charge in [0.05, 0.1) is 7.11 Å². The average molecular weight is 372 g/mol. The number of unbranched alkanes of at least 4 members (excludes halogenated alkanes) is 1. The Kier molecular flexibility index (Phi) is 5.16. The van der Waals surface area contributed by atoms with Crippen molar-refractivity contribution in [3.63, 3.8) is 0 Å². The molecule has 1 unspecified atom stereocenters. The summed E-state index contributed by atoms with van der Waals surface area (Å²) in [5.74, 6) is 2.32. The van der Waals surface area contributed by atoms with Gasteiger partial charge in [-0.2, -0.15) is 0 Å². The molecule has 0 fully saturated rings. The molecule has 6 nitrogen and oxygen atoms in total. The first-order valence-corrected chi connectivity index (χ1v) is 9.83. The largest absolute Gasteiger partial charge is 0.496 e. The Morgan fingerprint density at radius 1 is 1.15 bits per heavy atom. The predicted octanol–water partition coefficient (Wildman–Crippen LogP) is 2.77. The molecule has 3 N–H and O–H groups in total. The van der Waals surface area contributed by atoms with Gasteiger partial charge in [-0.05, 0) is 57.2 Å². The minimum Gasteiger partial charge on any atom is -0.496 e. The quantitative estimate of drug-likeness (QED) is 0.652. The normalized spacial score (nSPS) is 18.0. The molecule has 1 aromatic carbocycles. The van der Waals surface area contributed by atoms with Crippen molar-refractivity contribution >= 4 is 0 Å². The second-order valence-electron chi connectivity index (χ2n) is 7.42. The van der Waals surface area contributed by atoms with Crippen molar-refractivity contribution in [2.45, 2.75) is 51.1 Å². The number of ether oxygens (including phenoxy) is 2. The van der Waals surface area contributed by atoms with Crippen LogP contribution in [0.25, 0.3) is 0 Å². The van der Waals surface area contributed by atoms with Crippen molar-refractivity contribution in [3.05, 3.63) is 34.9 Å². The summed E-state index contributed by atoms with van der Waals surface area (Å²) in [4.78, 5) is 0. The molecule has 1 atom stereocenters. The van der Waals surface area contributed by atoms with Gasteiger partial charge in [-0.1, -0.05) is 6.07 Å². The highest BCUT2D eigenvalue weighted by atomic mass is 16.5. The summed E-state index contributed by atoms with van der Waals surface area (Å²) >= 11 is 0. The summed E-state index contributed by atoms with van der Waals surface area (Å²) in [6.45, 7) is 2.18. The Balaban J connectivity index is 1.25. The first-order chi connectivity index (χ1) is 13.2. The van der Waals surface area contributed by atoms with Crippen LogP contribution in [0.2, 0.25) is 0 Å². The number of hydrogen-bond acceptors (Lipinski definition) is 5. The summed E-state index contributed by atoms with van der Waals surface area (Å²) in [5, 5.41) is 24.1. The van der Waals surface area contributed by atoms with Gasteiger partial charge in [0.15, 0.2) is 11.8 Å². The van der Waals surface area contributed by atoms with Crippen molar-refractivity contribution in [1.29, 1.82) is 0 Å². The highest BCUT2D eigenvalue weighted by Gasteiger charge is 2.25. The van der Waals surface area contributed by atoms with Gasteiger partial charge < -0.3 is 25.0 Å². The number of nitrogens with zero attached hydrogens (tertiary/aromatic N) is 1. The SMILES string of the molecule is COc1cccc2c1CC(NCCCCn1c(O)c3c(c1O)CCC3)CO2. The van der Waals surface area contributed by atoms with Gasteiger partial charge in [-0.25, -0.2) is 0 Å². The lowest BCUT2D eigenvalue weighted by atomic mass is 10.0. The minimum atomic E-state index is 0.261. The molecule has 0 amide bonds. The molecule has 0 saturated heterocycles. The molecule has 27 heavy (non-hydrogen) atoms. The average Bonchev–Trinajstić information content (AvgIpc) is 3.26. The maximum absolute atomic E-state index is 10.3. The van der Waals surface area contributed by atoms with E-state index in [-0.39, 0.29) is 17.8 Å². The lowest BCUT2D eigenvalue weighted by Gasteiger charge is -2.27. The third-order valence-corrected chi connectivity index (χ3v) is 5.71. The molecule has 0 spiro atoms. The van der Waals surface area contributed by atoms with E-state index in [0.717, 1.165) is 73.3 Å². The second kappa shape index (κ2) is 7.72. The van der Waals surface area contributed by atoms with Crippen molar-refractivity contribution in [3.8, 4) is 23.3 Å². The van der Waals surface area contributed by atoms with Crippen molar-refractivity contribution in [1.82, 2.24) is 9.88 Å². The third kappa shape index (κ3) is 3.46. The summed E-state index contributed by atoms with van der Waals surface area (Å²) in [6.07, 6.45) is 5.52. The van der Waals surface area contributed by atoms with Crippen LogP contribution in [-0.4, -0.2) is 41.1 Å². The molecule has 2 aromatic rings. The third-order valence-electron chi connectivity index (χ3n) is 5.71. The predicted molar refractivity (Wildman–Crippen MR) is 103 cm³/mol. The number of hydrogen-bond donors (Lipinski definition) is 3. The smallest absolute Gasteiger partial charge is 0.197 e.